The normalized spacial score (nSPS) is 19.7. The fourth-order valence-corrected chi connectivity index (χ4v) is 1.75. The Morgan fingerprint density at radius 1 is 1.38 bits per heavy atom. The van der Waals surface area contributed by atoms with Gasteiger partial charge in [-0.05, 0) is 19.3 Å². The summed E-state index contributed by atoms with van der Waals surface area (Å²) in [4.78, 5) is 18.8. The SMILES string of the molecule is O=c1[nH]c(C2CC2)nc2c1CCN2. The number of fused-ring (bicyclic) bond motifs is 1. The van der Waals surface area contributed by atoms with Gasteiger partial charge in [-0.15, -0.1) is 0 Å². The molecule has 0 saturated heterocycles. The summed E-state index contributed by atoms with van der Waals surface area (Å²) >= 11 is 0. The van der Waals surface area contributed by atoms with Gasteiger partial charge in [0.1, 0.15) is 11.6 Å². The van der Waals surface area contributed by atoms with Gasteiger partial charge in [0.05, 0.1) is 5.56 Å². The van der Waals surface area contributed by atoms with E-state index in [0.717, 1.165) is 30.2 Å². The lowest BCUT2D eigenvalue weighted by Gasteiger charge is -2.01. The van der Waals surface area contributed by atoms with E-state index in [1.54, 1.807) is 0 Å². The highest BCUT2D eigenvalue weighted by Crippen LogP contribution is 2.38. The van der Waals surface area contributed by atoms with Crippen molar-refractivity contribution in [3.8, 4) is 0 Å². The van der Waals surface area contributed by atoms with E-state index in [2.05, 4.69) is 15.3 Å². The van der Waals surface area contributed by atoms with Crippen LogP contribution in [0.25, 0.3) is 0 Å². The topological polar surface area (TPSA) is 57.8 Å². The van der Waals surface area contributed by atoms with E-state index in [9.17, 15) is 4.79 Å². The number of nitrogens with one attached hydrogen (secondary N) is 2. The van der Waals surface area contributed by atoms with Crippen LogP contribution in [-0.2, 0) is 6.42 Å². The molecular weight excluding hydrogens is 166 g/mol. The van der Waals surface area contributed by atoms with Crippen molar-refractivity contribution < 1.29 is 0 Å². The van der Waals surface area contributed by atoms with Crippen LogP contribution in [0.1, 0.15) is 30.1 Å². The average molecular weight is 177 g/mol. The van der Waals surface area contributed by atoms with E-state index in [1.165, 1.54) is 12.8 Å². The molecule has 0 radical (unpaired) electrons. The van der Waals surface area contributed by atoms with Gasteiger partial charge in [-0.2, -0.15) is 0 Å². The monoisotopic (exact) mass is 177 g/mol. The maximum Gasteiger partial charge on any atom is 0.256 e. The second-order valence-corrected chi connectivity index (χ2v) is 3.73. The molecule has 0 spiro atoms. The lowest BCUT2D eigenvalue weighted by molar-refractivity contribution is 0.903. The Morgan fingerprint density at radius 2 is 2.23 bits per heavy atom. The Balaban J connectivity index is 2.16. The molecule has 4 nitrogen and oxygen atoms in total. The molecule has 4 heteroatoms. The van der Waals surface area contributed by atoms with E-state index in [0.29, 0.717) is 5.92 Å². The van der Waals surface area contributed by atoms with Crippen molar-refractivity contribution in [1.82, 2.24) is 9.97 Å². The van der Waals surface area contributed by atoms with Crippen molar-refractivity contribution in [2.45, 2.75) is 25.2 Å². The minimum absolute atomic E-state index is 0.0527. The largest absolute Gasteiger partial charge is 0.369 e. The first-order valence-corrected chi connectivity index (χ1v) is 4.71. The smallest absolute Gasteiger partial charge is 0.256 e. The zero-order chi connectivity index (χ0) is 8.84. The first-order valence-electron chi connectivity index (χ1n) is 4.71. The number of hydrogen-bond acceptors (Lipinski definition) is 3. The van der Waals surface area contributed by atoms with Gasteiger partial charge in [-0.1, -0.05) is 0 Å². The predicted molar refractivity (Wildman–Crippen MR) is 49.0 cm³/mol. The summed E-state index contributed by atoms with van der Waals surface area (Å²) in [5.74, 6) is 2.20. The molecular formula is C9H11N3O. The van der Waals surface area contributed by atoms with E-state index in [-0.39, 0.29) is 5.56 Å². The van der Waals surface area contributed by atoms with Crippen LogP contribution >= 0.6 is 0 Å². The highest BCUT2D eigenvalue weighted by atomic mass is 16.1. The number of nitrogens with zero attached hydrogens (tertiary/aromatic N) is 1. The molecule has 68 valence electrons. The highest BCUT2D eigenvalue weighted by molar-refractivity contribution is 5.48. The number of H-pyrrole nitrogens is 1. The van der Waals surface area contributed by atoms with Crippen LogP contribution in [0, 0.1) is 0 Å². The molecule has 1 fully saturated rings. The summed E-state index contributed by atoms with van der Waals surface area (Å²) in [7, 11) is 0. The molecule has 1 aromatic heterocycles. The number of anilines is 1. The molecule has 2 N–H and O–H groups in total. The van der Waals surface area contributed by atoms with Gasteiger partial charge in [0.2, 0.25) is 0 Å². The number of aromatic nitrogens is 2. The zero-order valence-electron chi connectivity index (χ0n) is 7.26. The third-order valence-corrected chi connectivity index (χ3v) is 2.67. The Kier molecular flexibility index (Phi) is 1.28. The molecule has 2 aliphatic rings. The fraction of sp³-hybridized carbons (Fsp3) is 0.556. The Bertz CT molecular complexity index is 406. The summed E-state index contributed by atoms with van der Waals surface area (Å²) in [5.41, 5.74) is 0.876. The lowest BCUT2D eigenvalue weighted by atomic mass is 10.2. The molecule has 1 aromatic rings. The molecule has 0 atom stereocenters. The van der Waals surface area contributed by atoms with Crippen molar-refractivity contribution in [1.29, 1.82) is 0 Å². The summed E-state index contributed by atoms with van der Waals surface area (Å²) in [5, 5.41) is 3.13. The Labute approximate surface area is 75.4 Å². The standard InChI is InChI=1S/C9H11N3O/c13-9-6-3-4-10-8(6)11-7(12-9)5-1-2-5/h5H,1-4H2,(H2,10,11,12,13). The van der Waals surface area contributed by atoms with E-state index in [1.807, 2.05) is 0 Å². The fourth-order valence-electron chi connectivity index (χ4n) is 1.75. The van der Waals surface area contributed by atoms with Gasteiger partial charge in [0.25, 0.3) is 5.56 Å². The molecule has 1 aliphatic carbocycles. The lowest BCUT2D eigenvalue weighted by Crippen LogP contribution is -2.14. The third-order valence-electron chi connectivity index (χ3n) is 2.67. The summed E-state index contributed by atoms with van der Waals surface area (Å²) < 4.78 is 0. The molecule has 0 aromatic carbocycles. The molecule has 1 aliphatic heterocycles. The van der Waals surface area contributed by atoms with Crippen molar-refractivity contribution in [3.05, 3.63) is 21.7 Å². The first-order chi connectivity index (χ1) is 6.34. The zero-order valence-corrected chi connectivity index (χ0v) is 7.26. The van der Waals surface area contributed by atoms with Crippen LogP contribution in [-0.4, -0.2) is 16.5 Å². The molecule has 2 heterocycles. The minimum Gasteiger partial charge on any atom is -0.369 e. The number of hydrogen-bond donors (Lipinski definition) is 2. The van der Waals surface area contributed by atoms with Crippen molar-refractivity contribution in [2.75, 3.05) is 11.9 Å². The van der Waals surface area contributed by atoms with Gasteiger partial charge >= 0.3 is 0 Å². The maximum atomic E-state index is 11.5. The molecule has 0 bridgehead atoms. The van der Waals surface area contributed by atoms with Crippen LogP contribution in [0.15, 0.2) is 4.79 Å². The van der Waals surface area contributed by atoms with Crippen molar-refractivity contribution >= 4 is 5.82 Å². The van der Waals surface area contributed by atoms with E-state index in [4.69, 9.17) is 0 Å². The van der Waals surface area contributed by atoms with Gasteiger partial charge in [0.15, 0.2) is 0 Å². The van der Waals surface area contributed by atoms with Crippen molar-refractivity contribution in [3.63, 3.8) is 0 Å². The summed E-state index contributed by atoms with van der Waals surface area (Å²) in [6.07, 6.45) is 3.14. The summed E-state index contributed by atoms with van der Waals surface area (Å²) in [6, 6.07) is 0. The quantitative estimate of drug-likeness (QED) is 0.661. The van der Waals surface area contributed by atoms with Gasteiger partial charge < -0.3 is 10.3 Å². The Morgan fingerprint density at radius 3 is 3.00 bits per heavy atom. The average Bonchev–Trinajstić information content (AvgIpc) is 2.85. The highest BCUT2D eigenvalue weighted by Gasteiger charge is 2.28. The number of aromatic amines is 1. The van der Waals surface area contributed by atoms with Gasteiger partial charge in [0, 0.05) is 12.5 Å². The van der Waals surface area contributed by atoms with E-state index < -0.39 is 0 Å². The predicted octanol–water partition coefficient (Wildman–Crippen LogP) is 0.615. The van der Waals surface area contributed by atoms with Crippen LogP contribution in [0.2, 0.25) is 0 Å². The van der Waals surface area contributed by atoms with Gasteiger partial charge in [-0.25, -0.2) is 4.98 Å². The molecule has 0 amide bonds. The van der Waals surface area contributed by atoms with Crippen LogP contribution < -0.4 is 10.9 Å². The minimum atomic E-state index is 0.0527. The molecule has 13 heavy (non-hydrogen) atoms. The van der Waals surface area contributed by atoms with E-state index >= 15 is 0 Å². The van der Waals surface area contributed by atoms with Crippen LogP contribution in [0.3, 0.4) is 0 Å². The number of rotatable bonds is 1. The molecule has 0 unspecified atom stereocenters. The molecule has 3 rings (SSSR count). The van der Waals surface area contributed by atoms with Crippen LogP contribution in [0.4, 0.5) is 5.82 Å². The Hall–Kier alpha value is -1.32. The second-order valence-electron chi connectivity index (χ2n) is 3.73. The second kappa shape index (κ2) is 2.34. The molecule has 1 saturated carbocycles. The maximum absolute atomic E-state index is 11.5. The van der Waals surface area contributed by atoms with Crippen molar-refractivity contribution in [2.24, 2.45) is 0 Å². The summed E-state index contributed by atoms with van der Waals surface area (Å²) in [6.45, 7) is 0.847. The van der Waals surface area contributed by atoms with Gasteiger partial charge in [-0.3, -0.25) is 4.79 Å². The van der Waals surface area contributed by atoms with Crippen LogP contribution in [0.5, 0.6) is 0 Å². The third kappa shape index (κ3) is 1.05. The first kappa shape index (κ1) is 7.12.